The second kappa shape index (κ2) is 6.69. The first-order chi connectivity index (χ1) is 8.85. The molecule has 2 N–H and O–H groups in total. The molecule has 1 aliphatic heterocycles. The number of piperidine rings is 1. The Labute approximate surface area is 110 Å². The maximum atomic E-state index is 5.70. The van der Waals surface area contributed by atoms with E-state index in [9.17, 15) is 0 Å². The Morgan fingerprint density at radius 1 is 1.33 bits per heavy atom. The van der Waals surface area contributed by atoms with Crippen LogP contribution in [0.4, 0.5) is 5.82 Å². The summed E-state index contributed by atoms with van der Waals surface area (Å²) in [5.41, 5.74) is 6.79. The van der Waals surface area contributed by atoms with Crippen LogP contribution in [0.15, 0.2) is 12.1 Å². The van der Waals surface area contributed by atoms with Crippen LogP contribution in [0.25, 0.3) is 0 Å². The van der Waals surface area contributed by atoms with Gasteiger partial charge in [-0.25, -0.2) is 0 Å². The molecular formula is C14H24N4. The molecule has 1 aromatic rings. The highest BCUT2D eigenvalue weighted by molar-refractivity contribution is 5.39. The Hall–Kier alpha value is -1.16. The van der Waals surface area contributed by atoms with Crippen LogP contribution in [0, 0.1) is 0 Å². The number of aromatic nitrogens is 2. The fraction of sp³-hybridized carbons (Fsp3) is 0.714. The van der Waals surface area contributed by atoms with Crippen molar-refractivity contribution in [2.24, 2.45) is 5.73 Å². The van der Waals surface area contributed by atoms with Crippen LogP contribution in [0.2, 0.25) is 0 Å². The minimum absolute atomic E-state index is 0.551. The molecule has 0 bridgehead atoms. The van der Waals surface area contributed by atoms with E-state index < -0.39 is 0 Å². The van der Waals surface area contributed by atoms with Crippen molar-refractivity contribution in [3.63, 3.8) is 0 Å². The highest BCUT2D eigenvalue weighted by Crippen LogP contribution is 2.24. The van der Waals surface area contributed by atoms with E-state index in [0.29, 0.717) is 6.04 Å². The molecule has 1 fully saturated rings. The van der Waals surface area contributed by atoms with Crippen LogP contribution < -0.4 is 10.6 Å². The molecule has 0 saturated carbocycles. The molecule has 4 nitrogen and oxygen atoms in total. The molecule has 4 heteroatoms. The van der Waals surface area contributed by atoms with E-state index in [1.807, 2.05) is 0 Å². The van der Waals surface area contributed by atoms with E-state index >= 15 is 0 Å². The van der Waals surface area contributed by atoms with Gasteiger partial charge in [0.1, 0.15) is 0 Å². The quantitative estimate of drug-likeness (QED) is 0.867. The van der Waals surface area contributed by atoms with Crippen molar-refractivity contribution in [3.8, 4) is 0 Å². The first-order valence-electron chi connectivity index (χ1n) is 7.14. The predicted octanol–water partition coefficient (Wildman–Crippen LogP) is 2.14. The minimum atomic E-state index is 0.551. The highest BCUT2D eigenvalue weighted by atomic mass is 15.3. The fourth-order valence-electron chi connectivity index (χ4n) is 2.69. The molecule has 2 heterocycles. The summed E-state index contributed by atoms with van der Waals surface area (Å²) in [4.78, 5) is 2.39. The van der Waals surface area contributed by atoms with Gasteiger partial charge in [0.15, 0.2) is 5.82 Å². The summed E-state index contributed by atoms with van der Waals surface area (Å²) in [6.07, 6.45) is 6.98. The van der Waals surface area contributed by atoms with E-state index in [2.05, 4.69) is 34.2 Å². The summed E-state index contributed by atoms with van der Waals surface area (Å²) in [5.74, 6) is 1.02. The molecule has 1 aliphatic rings. The largest absolute Gasteiger partial charge is 0.352 e. The standard InChI is InChI=1S/C14H24N4/c1-2-5-12-7-8-14(17-16-12)18-11-4-3-6-13(18)9-10-15/h7-8,13H,2-6,9-11,15H2,1H3. The average Bonchev–Trinajstić information content (AvgIpc) is 2.41. The maximum absolute atomic E-state index is 5.70. The van der Waals surface area contributed by atoms with Crippen molar-refractivity contribution in [3.05, 3.63) is 17.8 Å². The van der Waals surface area contributed by atoms with Crippen molar-refractivity contribution in [1.82, 2.24) is 10.2 Å². The molecule has 1 atom stereocenters. The minimum Gasteiger partial charge on any atom is -0.352 e. The molecule has 18 heavy (non-hydrogen) atoms. The molecule has 1 aromatic heterocycles. The van der Waals surface area contributed by atoms with Crippen LogP contribution >= 0.6 is 0 Å². The van der Waals surface area contributed by atoms with Gasteiger partial charge in [0.25, 0.3) is 0 Å². The lowest BCUT2D eigenvalue weighted by Gasteiger charge is -2.36. The number of aryl methyl sites for hydroxylation is 1. The third-order valence-electron chi connectivity index (χ3n) is 3.63. The Kier molecular flexibility index (Phi) is 4.93. The molecular weight excluding hydrogens is 224 g/mol. The highest BCUT2D eigenvalue weighted by Gasteiger charge is 2.22. The first-order valence-corrected chi connectivity index (χ1v) is 7.14. The smallest absolute Gasteiger partial charge is 0.151 e. The number of hydrogen-bond donors (Lipinski definition) is 1. The van der Waals surface area contributed by atoms with E-state index in [1.165, 1.54) is 19.3 Å². The lowest BCUT2D eigenvalue weighted by atomic mass is 9.99. The maximum Gasteiger partial charge on any atom is 0.151 e. The van der Waals surface area contributed by atoms with Gasteiger partial charge in [-0.1, -0.05) is 13.3 Å². The van der Waals surface area contributed by atoms with Crippen molar-refractivity contribution >= 4 is 5.82 Å². The average molecular weight is 248 g/mol. The third-order valence-corrected chi connectivity index (χ3v) is 3.63. The molecule has 0 amide bonds. The number of anilines is 1. The van der Waals surface area contributed by atoms with Gasteiger partial charge in [0, 0.05) is 12.6 Å². The van der Waals surface area contributed by atoms with Gasteiger partial charge in [-0.05, 0) is 50.8 Å². The van der Waals surface area contributed by atoms with E-state index in [0.717, 1.165) is 43.9 Å². The summed E-state index contributed by atoms with van der Waals surface area (Å²) >= 11 is 0. The van der Waals surface area contributed by atoms with Gasteiger partial charge in [0.05, 0.1) is 5.69 Å². The topological polar surface area (TPSA) is 55.0 Å². The van der Waals surface area contributed by atoms with Crippen LogP contribution in [-0.2, 0) is 6.42 Å². The molecule has 2 rings (SSSR count). The number of nitrogens with two attached hydrogens (primary N) is 1. The molecule has 0 aromatic carbocycles. The van der Waals surface area contributed by atoms with Crippen LogP contribution in [0.3, 0.4) is 0 Å². The SMILES string of the molecule is CCCc1ccc(N2CCCCC2CCN)nn1. The predicted molar refractivity (Wildman–Crippen MR) is 74.7 cm³/mol. The van der Waals surface area contributed by atoms with Crippen molar-refractivity contribution in [1.29, 1.82) is 0 Å². The Balaban J connectivity index is 2.07. The summed E-state index contributed by atoms with van der Waals surface area (Å²) in [7, 11) is 0. The van der Waals surface area contributed by atoms with Crippen molar-refractivity contribution < 1.29 is 0 Å². The molecule has 1 unspecified atom stereocenters. The molecule has 100 valence electrons. The van der Waals surface area contributed by atoms with Gasteiger partial charge in [-0.2, -0.15) is 5.10 Å². The summed E-state index contributed by atoms with van der Waals surface area (Å²) in [6, 6.07) is 4.78. The molecule has 0 aliphatic carbocycles. The summed E-state index contributed by atoms with van der Waals surface area (Å²) < 4.78 is 0. The zero-order valence-corrected chi connectivity index (χ0v) is 11.3. The number of hydrogen-bond acceptors (Lipinski definition) is 4. The number of rotatable bonds is 5. The fourth-order valence-corrected chi connectivity index (χ4v) is 2.69. The Morgan fingerprint density at radius 2 is 2.22 bits per heavy atom. The zero-order chi connectivity index (χ0) is 12.8. The molecule has 0 spiro atoms. The van der Waals surface area contributed by atoms with Gasteiger partial charge >= 0.3 is 0 Å². The van der Waals surface area contributed by atoms with Gasteiger partial charge < -0.3 is 10.6 Å². The summed E-state index contributed by atoms with van der Waals surface area (Å²) in [5, 5.41) is 8.70. The van der Waals surface area contributed by atoms with E-state index in [4.69, 9.17) is 5.73 Å². The van der Waals surface area contributed by atoms with Gasteiger partial charge in [-0.15, -0.1) is 5.10 Å². The monoisotopic (exact) mass is 248 g/mol. The van der Waals surface area contributed by atoms with Crippen LogP contribution in [0.1, 0.15) is 44.7 Å². The Morgan fingerprint density at radius 3 is 2.89 bits per heavy atom. The third kappa shape index (κ3) is 3.19. The van der Waals surface area contributed by atoms with Crippen molar-refractivity contribution in [2.75, 3.05) is 18.0 Å². The second-order valence-electron chi connectivity index (χ2n) is 5.05. The van der Waals surface area contributed by atoms with Crippen LogP contribution in [0.5, 0.6) is 0 Å². The molecule has 0 radical (unpaired) electrons. The second-order valence-corrected chi connectivity index (χ2v) is 5.05. The van der Waals surface area contributed by atoms with Crippen LogP contribution in [-0.4, -0.2) is 29.3 Å². The lowest BCUT2D eigenvalue weighted by Crippen LogP contribution is -2.41. The van der Waals surface area contributed by atoms with Gasteiger partial charge in [0.2, 0.25) is 0 Å². The molecule has 1 saturated heterocycles. The number of nitrogens with zero attached hydrogens (tertiary/aromatic N) is 3. The van der Waals surface area contributed by atoms with Crippen molar-refractivity contribution in [2.45, 2.75) is 51.5 Å². The van der Waals surface area contributed by atoms with Gasteiger partial charge in [-0.3, -0.25) is 0 Å². The lowest BCUT2D eigenvalue weighted by molar-refractivity contribution is 0.437. The summed E-state index contributed by atoms with van der Waals surface area (Å²) in [6.45, 7) is 4.01. The van der Waals surface area contributed by atoms with E-state index in [-0.39, 0.29) is 0 Å². The van der Waals surface area contributed by atoms with E-state index in [1.54, 1.807) is 0 Å². The first kappa shape index (κ1) is 13.3. The normalized spacial score (nSPS) is 20.1. The zero-order valence-electron chi connectivity index (χ0n) is 11.3. The Bertz CT molecular complexity index is 347.